The lowest BCUT2D eigenvalue weighted by Crippen LogP contribution is -2.33. The van der Waals surface area contributed by atoms with E-state index in [1.165, 1.54) is 11.8 Å². The highest BCUT2D eigenvalue weighted by molar-refractivity contribution is 8.00. The number of benzene rings is 2. The van der Waals surface area contributed by atoms with Gasteiger partial charge in [0.2, 0.25) is 11.8 Å². The van der Waals surface area contributed by atoms with Gasteiger partial charge in [-0.3, -0.25) is 9.59 Å². The summed E-state index contributed by atoms with van der Waals surface area (Å²) >= 11 is 1.51. The molecule has 3 aromatic rings. The van der Waals surface area contributed by atoms with Crippen LogP contribution in [0.3, 0.4) is 0 Å². The molecule has 0 saturated carbocycles. The van der Waals surface area contributed by atoms with Crippen molar-refractivity contribution in [2.24, 2.45) is 0 Å². The van der Waals surface area contributed by atoms with Crippen LogP contribution in [0.4, 0.5) is 5.69 Å². The zero-order valence-electron chi connectivity index (χ0n) is 17.2. The molecule has 0 spiro atoms. The molecule has 29 heavy (non-hydrogen) atoms. The molecule has 0 bridgehead atoms. The number of anilines is 1. The fourth-order valence-electron chi connectivity index (χ4n) is 3.31. The largest absolute Gasteiger partial charge is 0.342 e. The molecule has 2 amide bonds. The number of thioether (sulfide) groups is 1. The van der Waals surface area contributed by atoms with Gasteiger partial charge in [0, 0.05) is 47.8 Å². The second kappa shape index (κ2) is 9.65. The molecule has 6 heteroatoms. The number of rotatable bonds is 8. The van der Waals surface area contributed by atoms with E-state index in [9.17, 15) is 9.59 Å². The van der Waals surface area contributed by atoms with Crippen molar-refractivity contribution in [1.29, 1.82) is 0 Å². The lowest BCUT2D eigenvalue weighted by Gasteiger charge is -2.19. The van der Waals surface area contributed by atoms with Crippen LogP contribution in [0.5, 0.6) is 0 Å². The Hall–Kier alpha value is -2.73. The lowest BCUT2D eigenvalue weighted by atomic mass is 10.2. The number of likely N-dealkylation sites (N-methyl/N-ethyl adjacent to an activating group) is 1. The number of amides is 2. The van der Waals surface area contributed by atoms with Crippen molar-refractivity contribution in [1.82, 2.24) is 9.47 Å². The zero-order valence-corrected chi connectivity index (χ0v) is 18.0. The van der Waals surface area contributed by atoms with E-state index in [0.29, 0.717) is 25.4 Å². The lowest BCUT2D eigenvalue weighted by molar-refractivity contribution is -0.131. The van der Waals surface area contributed by atoms with E-state index in [1.54, 1.807) is 11.9 Å². The summed E-state index contributed by atoms with van der Waals surface area (Å²) in [5.74, 6) is 0.480. The highest BCUT2D eigenvalue weighted by atomic mass is 32.2. The van der Waals surface area contributed by atoms with Crippen molar-refractivity contribution in [3.63, 3.8) is 0 Å². The predicted octanol–water partition coefficient (Wildman–Crippen LogP) is 4.26. The summed E-state index contributed by atoms with van der Waals surface area (Å²) in [6.07, 6.45) is 1.99. The molecule has 1 aromatic heterocycles. The Bertz CT molecular complexity index is 980. The van der Waals surface area contributed by atoms with Crippen LogP contribution in [0.25, 0.3) is 10.9 Å². The molecule has 0 fully saturated rings. The zero-order chi connectivity index (χ0) is 20.8. The van der Waals surface area contributed by atoms with E-state index in [4.69, 9.17) is 0 Å². The van der Waals surface area contributed by atoms with Gasteiger partial charge in [0.1, 0.15) is 6.54 Å². The van der Waals surface area contributed by atoms with Gasteiger partial charge in [-0.1, -0.05) is 36.4 Å². The summed E-state index contributed by atoms with van der Waals surface area (Å²) in [5.41, 5.74) is 1.89. The van der Waals surface area contributed by atoms with Gasteiger partial charge in [-0.15, -0.1) is 11.8 Å². The average molecular weight is 410 g/mol. The molecule has 5 nitrogen and oxygen atoms in total. The first-order valence-electron chi connectivity index (χ1n) is 9.85. The molecule has 0 aliphatic carbocycles. The van der Waals surface area contributed by atoms with Crippen molar-refractivity contribution >= 4 is 40.2 Å². The second-order valence-corrected chi connectivity index (χ2v) is 7.80. The maximum atomic E-state index is 12.6. The number of hydrogen-bond donors (Lipinski definition) is 0. The molecule has 2 aromatic carbocycles. The quantitative estimate of drug-likeness (QED) is 0.522. The topological polar surface area (TPSA) is 45.6 Å². The molecular formula is C23H27N3O2S. The summed E-state index contributed by atoms with van der Waals surface area (Å²) in [7, 11) is 1.80. The number of para-hydroxylation sites is 2. The van der Waals surface area contributed by atoms with Gasteiger partial charge in [0.05, 0.1) is 5.75 Å². The third-order valence-corrected chi connectivity index (χ3v) is 6.07. The molecule has 3 rings (SSSR count). The number of hydrogen-bond acceptors (Lipinski definition) is 3. The van der Waals surface area contributed by atoms with Crippen LogP contribution in [-0.4, -0.2) is 47.2 Å². The van der Waals surface area contributed by atoms with Crippen LogP contribution in [0.1, 0.15) is 13.8 Å². The van der Waals surface area contributed by atoms with Crippen molar-refractivity contribution in [2.45, 2.75) is 25.3 Å². The van der Waals surface area contributed by atoms with Crippen molar-refractivity contribution < 1.29 is 9.59 Å². The second-order valence-electron chi connectivity index (χ2n) is 6.78. The summed E-state index contributed by atoms with van der Waals surface area (Å²) in [4.78, 5) is 29.7. The van der Waals surface area contributed by atoms with E-state index in [-0.39, 0.29) is 11.8 Å². The maximum Gasteiger partial charge on any atom is 0.242 e. The minimum Gasteiger partial charge on any atom is -0.342 e. The van der Waals surface area contributed by atoms with Crippen LogP contribution in [0.15, 0.2) is 65.7 Å². The smallest absolute Gasteiger partial charge is 0.242 e. The van der Waals surface area contributed by atoms with E-state index in [2.05, 4.69) is 0 Å². The van der Waals surface area contributed by atoms with E-state index in [0.717, 1.165) is 21.5 Å². The Morgan fingerprint density at radius 3 is 2.28 bits per heavy atom. The summed E-state index contributed by atoms with van der Waals surface area (Å²) in [6, 6.07) is 17.7. The molecule has 0 aliphatic rings. The van der Waals surface area contributed by atoms with Crippen LogP contribution in [0.2, 0.25) is 0 Å². The molecule has 0 N–H and O–H groups in total. The van der Waals surface area contributed by atoms with Crippen LogP contribution < -0.4 is 4.90 Å². The third-order valence-electron chi connectivity index (χ3n) is 5.04. The highest BCUT2D eigenvalue weighted by Gasteiger charge is 2.16. The van der Waals surface area contributed by atoms with Gasteiger partial charge in [0.15, 0.2) is 0 Å². The minimum absolute atomic E-state index is 0.0391. The van der Waals surface area contributed by atoms with Gasteiger partial charge < -0.3 is 14.4 Å². The number of aromatic nitrogens is 1. The molecular weight excluding hydrogens is 382 g/mol. The van der Waals surface area contributed by atoms with Gasteiger partial charge in [0.25, 0.3) is 0 Å². The number of carbonyl (C=O) groups is 2. The SMILES string of the molecule is CCN(CC)C(=O)Cn1cc(SCC(=O)N(C)c2ccccc2)c2ccccc21. The van der Waals surface area contributed by atoms with Crippen LogP contribution >= 0.6 is 11.8 Å². The fraction of sp³-hybridized carbons (Fsp3) is 0.304. The van der Waals surface area contributed by atoms with E-state index >= 15 is 0 Å². The average Bonchev–Trinajstić information content (AvgIpc) is 3.10. The fourth-order valence-corrected chi connectivity index (χ4v) is 4.32. The number of nitrogens with zero attached hydrogens (tertiary/aromatic N) is 3. The summed E-state index contributed by atoms with van der Waals surface area (Å²) in [6.45, 7) is 5.70. The predicted molar refractivity (Wildman–Crippen MR) is 120 cm³/mol. The van der Waals surface area contributed by atoms with Crippen LogP contribution in [0, 0.1) is 0 Å². The van der Waals surface area contributed by atoms with Crippen molar-refractivity contribution in [3.8, 4) is 0 Å². The Kier molecular flexibility index (Phi) is 6.99. The van der Waals surface area contributed by atoms with Crippen molar-refractivity contribution in [2.75, 3.05) is 30.8 Å². The van der Waals surface area contributed by atoms with Gasteiger partial charge >= 0.3 is 0 Å². The first-order valence-corrected chi connectivity index (χ1v) is 10.8. The Morgan fingerprint density at radius 1 is 0.931 bits per heavy atom. The Labute approximate surface area is 176 Å². The van der Waals surface area contributed by atoms with E-state index in [1.807, 2.05) is 84.1 Å². The third kappa shape index (κ3) is 4.82. The monoisotopic (exact) mass is 409 g/mol. The minimum atomic E-state index is 0.0391. The maximum absolute atomic E-state index is 12.6. The Morgan fingerprint density at radius 2 is 1.59 bits per heavy atom. The summed E-state index contributed by atoms with van der Waals surface area (Å²) < 4.78 is 1.99. The van der Waals surface area contributed by atoms with Crippen molar-refractivity contribution in [3.05, 3.63) is 60.8 Å². The number of carbonyl (C=O) groups excluding carboxylic acids is 2. The number of fused-ring (bicyclic) bond motifs is 1. The summed E-state index contributed by atoms with van der Waals surface area (Å²) in [5, 5.41) is 1.07. The Balaban J connectivity index is 1.76. The molecule has 0 saturated heterocycles. The first kappa shape index (κ1) is 21.0. The van der Waals surface area contributed by atoms with Gasteiger partial charge in [-0.05, 0) is 32.0 Å². The highest BCUT2D eigenvalue weighted by Crippen LogP contribution is 2.30. The molecule has 0 aliphatic heterocycles. The van der Waals surface area contributed by atoms with Gasteiger partial charge in [-0.25, -0.2) is 0 Å². The van der Waals surface area contributed by atoms with E-state index < -0.39 is 0 Å². The molecule has 1 heterocycles. The normalized spacial score (nSPS) is 10.9. The molecule has 0 unspecified atom stereocenters. The van der Waals surface area contributed by atoms with Crippen LogP contribution in [-0.2, 0) is 16.1 Å². The standard InChI is InChI=1S/C23H27N3O2S/c1-4-25(5-2)22(27)16-26-15-21(19-13-9-10-14-20(19)26)29-17-23(28)24(3)18-11-7-6-8-12-18/h6-15H,4-5,16-17H2,1-3H3. The first-order chi connectivity index (χ1) is 14.0. The molecule has 0 radical (unpaired) electrons. The molecule has 0 atom stereocenters. The van der Waals surface area contributed by atoms with Gasteiger partial charge in [-0.2, -0.15) is 0 Å². The molecule has 152 valence electrons.